The van der Waals surface area contributed by atoms with Crippen molar-refractivity contribution in [2.45, 2.75) is 32.2 Å². The summed E-state index contributed by atoms with van der Waals surface area (Å²) in [6.45, 7) is 2.84. The summed E-state index contributed by atoms with van der Waals surface area (Å²) in [4.78, 5) is 0. The Balaban J connectivity index is 2.55. The highest BCUT2D eigenvalue weighted by Crippen LogP contribution is 2.17. The van der Waals surface area contributed by atoms with E-state index >= 15 is 0 Å². The van der Waals surface area contributed by atoms with Crippen LogP contribution in [0.4, 0.5) is 0 Å². The summed E-state index contributed by atoms with van der Waals surface area (Å²) in [6, 6.07) is 9.58. The summed E-state index contributed by atoms with van der Waals surface area (Å²) >= 11 is 0. The van der Waals surface area contributed by atoms with Crippen molar-refractivity contribution in [3.8, 4) is 0 Å². The molecule has 5 heteroatoms. The van der Waals surface area contributed by atoms with Crippen LogP contribution in [-0.4, -0.2) is 27.8 Å². The average molecular weight is 284 g/mol. The minimum Gasteiger partial charge on any atom is -0.320 e. The van der Waals surface area contributed by atoms with Crippen molar-refractivity contribution in [2.75, 3.05) is 19.3 Å². The van der Waals surface area contributed by atoms with E-state index < -0.39 is 10.0 Å². The van der Waals surface area contributed by atoms with Crippen LogP contribution < -0.4 is 10.0 Å². The van der Waals surface area contributed by atoms with Crippen molar-refractivity contribution in [1.82, 2.24) is 10.0 Å². The minimum atomic E-state index is -3.20. The quantitative estimate of drug-likeness (QED) is 0.682. The fourth-order valence-corrected chi connectivity index (χ4v) is 3.38. The minimum absolute atomic E-state index is 0.129. The zero-order valence-corrected chi connectivity index (χ0v) is 12.5. The number of sulfonamides is 1. The van der Waals surface area contributed by atoms with Crippen LogP contribution in [0.2, 0.25) is 0 Å². The van der Waals surface area contributed by atoms with Crippen LogP contribution in [-0.2, 0) is 10.0 Å². The van der Waals surface area contributed by atoms with Gasteiger partial charge in [-0.05, 0) is 38.4 Å². The van der Waals surface area contributed by atoms with E-state index in [1.54, 1.807) is 0 Å². The molecule has 0 saturated heterocycles. The number of unbranched alkanes of at least 4 members (excludes halogenated alkanes) is 1. The van der Waals surface area contributed by atoms with Gasteiger partial charge in [0.2, 0.25) is 10.0 Å². The Labute approximate surface area is 116 Å². The van der Waals surface area contributed by atoms with Crippen LogP contribution >= 0.6 is 0 Å². The van der Waals surface area contributed by atoms with Crippen LogP contribution in [0, 0.1) is 0 Å². The first kappa shape index (κ1) is 16.1. The predicted octanol–water partition coefficient (Wildman–Crippen LogP) is 2.06. The van der Waals surface area contributed by atoms with Gasteiger partial charge < -0.3 is 5.32 Å². The van der Waals surface area contributed by atoms with E-state index in [4.69, 9.17) is 0 Å². The highest BCUT2D eigenvalue weighted by atomic mass is 32.2. The largest absolute Gasteiger partial charge is 0.320 e. The van der Waals surface area contributed by atoms with Crippen LogP contribution in [0.15, 0.2) is 30.3 Å². The average Bonchev–Trinajstić information content (AvgIpc) is 2.42. The summed E-state index contributed by atoms with van der Waals surface area (Å²) < 4.78 is 26.8. The molecule has 0 radical (unpaired) electrons. The molecule has 1 atom stereocenters. The van der Waals surface area contributed by atoms with Gasteiger partial charge >= 0.3 is 0 Å². The number of rotatable bonds is 9. The Morgan fingerprint density at radius 2 is 1.84 bits per heavy atom. The molecule has 0 aromatic heterocycles. The van der Waals surface area contributed by atoms with Gasteiger partial charge in [0, 0.05) is 6.04 Å². The molecule has 0 heterocycles. The van der Waals surface area contributed by atoms with E-state index in [1.807, 2.05) is 44.3 Å². The number of hydrogen-bond acceptors (Lipinski definition) is 3. The van der Waals surface area contributed by atoms with E-state index in [2.05, 4.69) is 10.0 Å². The Kier molecular flexibility index (Phi) is 7.05. The molecule has 0 spiro atoms. The molecular weight excluding hydrogens is 260 g/mol. The number of nitrogens with one attached hydrogen (secondary N) is 2. The Morgan fingerprint density at radius 1 is 1.16 bits per heavy atom. The smallest absolute Gasteiger partial charge is 0.212 e. The Hall–Kier alpha value is -0.910. The molecule has 0 aliphatic carbocycles. The fourth-order valence-electron chi connectivity index (χ4n) is 1.94. The van der Waals surface area contributed by atoms with Gasteiger partial charge in [-0.15, -0.1) is 0 Å². The molecule has 1 aromatic carbocycles. The summed E-state index contributed by atoms with van der Waals surface area (Å²) in [7, 11) is -1.33. The summed E-state index contributed by atoms with van der Waals surface area (Å²) in [5, 5.41) is 3.02. The van der Waals surface area contributed by atoms with Gasteiger partial charge in [-0.1, -0.05) is 37.3 Å². The zero-order chi connectivity index (χ0) is 14.1. The molecule has 0 aliphatic rings. The predicted molar refractivity (Wildman–Crippen MR) is 79.6 cm³/mol. The van der Waals surface area contributed by atoms with Crippen molar-refractivity contribution in [3.63, 3.8) is 0 Å². The van der Waals surface area contributed by atoms with Crippen molar-refractivity contribution < 1.29 is 8.42 Å². The van der Waals surface area contributed by atoms with Gasteiger partial charge in [0.1, 0.15) is 0 Å². The second-order valence-corrected chi connectivity index (χ2v) is 6.49. The lowest BCUT2D eigenvalue weighted by Crippen LogP contribution is -2.30. The lowest BCUT2D eigenvalue weighted by molar-refractivity contribution is 0.546. The first-order valence-electron chi connectivity index (χ1n) is 6.78. The number of benzene rings is 1. The molecule has 0 saturated carbocycles. The van der Waals surface area contributed by atoms with Crippen molar-refractivity contribution >= 4 is 10.0 Å². The highest BCUT2D eigenvalue weighted by molar-refractivity contribution is 7.89. The zero-order valence-electron chi connectivity index (χ0n) is 11.7. The molecule has 0 aliphatic heterocycles. The molecule has 2 N–H and O–H groups in total. The van der Waals surface area contributed by atoms with Crippen LogP contribution in [0.3, 0.4) is 0 Å². The SMILES string of the molecule is CCC(NS(=O)(=O)CCCCNC)c1ccccc1. The van der Waals surface area contributed by atoms with E-state index in [-0.39, 0.29) is 11.8 Å². The molecule has 0 bridgehead atoms. The summed E-state index contributed by atoms with van der Waals surface area (Å²) in [5.41, 5.74) is 1.02. The van der Waals surface area contributed by atoms with Gasteiger partial charge in [-0.25, -0.2) is 13.1 Å². The van der Waals surface area contributed by atoms with E-state index in [0.717, 1.165) is 24.9 Å². The highest BCUT2D eigenvalue weighted by Gasteiger charge is 2.17. The van der Waals surface area contributed by atoms with Gasteiger partial charge in [-0.2, -0.15) is 0 Å². The van der Waals surface area contributed by atoms with Gasteiger partial charge in [0.05, 0.1) is 5.75 Å². The van der Waals surface area contributed by atoms with Crippen molar-refractivity contribution in [3.05, 3.63) is 35.9 Å². The summed E-state index contributed by atoms with van der Waals surface area (Å²) in [6.07, 6.45) is 2.31. The lowest BCUT2D eigenvalue weighted by Gasteiger charge is -2.17. The third-order valence-corrected chi connectivity index (χ3v) is 4.49. The second kappa shape index (κ2) is 8.30. The first-order valence-corrected chi connectivity index (χ1v) is 8.44. The normalized spacial score (nSPS) is 13.4. The Bertz CT molecular complexity index is 446. The standard InChI is InChI=1S/C14H24N2O2S/c1-3-14(13-9-5-4-6-10-13)16-19(17,18)12-8-7-11-15-2/h4-6,9-10,14-16H,3,7-8,11-12H2,1-2H3. The molecule has 19 heavy (non-hydrogen) atoms. The van der Waals surface area contributed by atoms with E-state index in [1.165, 1.54) is 0 Å². The molecule has 1 unspecified atom stereocenters. The van der Waals surface area contributed by atoms with Crippen LogP contribution in [0.25, 0.3) is 0 Å². The monoisotopic (exact) mass is 284 g/mol. The third-order valence-electron chi connectivity index (χ3n) is 3.02. The van der Waals surface area contributed by atoms with E-state index in [0.29, 0.717) is 6.42 Å². The fraction of sp³-hybridized carbons (Fsp3) is 0.571. The van der Waals surface area contributed by atoms with Crippen molar-refractivity contribution in [1.29, 1.82) is 0 Å². The maximum Gasteiger partial charge on any atom is 0.212 e. The first-order chi connectivity index (χ1) is 9.09. The topological polar surface area (TPSA) is 58.2 Å². The summed E-state index contributed by atoms with van der Waals surface area (Å²) in [5.74, 6) is 0.192. The van der Waals surface area contributed by atoms with Crippen molar-refractivity contribution in [2.24, 2.45) is 0 Å². The molecule has 1 aromatic rings. The lowest BCUT2D eigenvalue weighted by atomic mass is 10.1. The van der Waals surface area contributed by atoms with Gasteiger partial charge in [0.15, 0.2) is 0 Å². The molecule has 0 amide bonds. The molecule has 108 valence electrons. The van der Waals surface area contributed by atoms with Gasteiger partial charge in [0.25, 0.3) is 0 Å². The molecule has 0 fully saturated rings. The van der Waals surface area contributed by atoms with Crippen LogP contribution in [0.5, 0.6) is 0 Å². The molecular formula is C14H24N2O2S. The van der Waals surface area contributed by atoms with Gasteiger partial charge in [-0.3, -0.25) is 0 Å². The maximum absolute atomic E-state index is 12.0. The maximum atomic E-state index is 12.0. The molecule has 4 nitrogen and oxygen atoms in total. The Morgan fingerprint density at radius 3 is 2.42 bits per heavy atom. The molecule has 1 rings (SSSR count). The van der Waals surface area contributed by atoms with E-state index in [9.17, 15) is 8.42 Å². The second-order valence-electron chi connectivity index (χ2n) is 4.62. The van der Waals surface area contributed by atoms with Crippen LogP contribution in [0.1, 0.15) is 37.8 Å². The third kappa shape index (κ3) is 6.18. The number of hydrogen-bond donors (Lipinski definition) is 2.